The fourth-order valence-corrected chi connectivity index (χ4v) is 1.12. The van der Waals surface area contributed by atoms with E-state index in [1.807, 2.05) is 13.8 Å². The van der Waals surface area contributed by atoms with Gasteiger partial charge < -0.3 is 9.22 Å². The lowest BCUT2D eigenvalue weighted by Gasteiger charge is -1.98. The molecule has 0 unspecified atom stereocenters. The van der Waals surface area contributed by atoms with Crippen LogP contribution in [0.5, 0.6) is 0 Å². The summed E-state index contributed by atoms with van der Waals surface area (Å²) in [5.74, 6) is 0. The van der Waals surface area contributed by atoms with Crippen LogP contribution in [0.1, 0.15) is 26.7 Å². The molecule has 0 rings (SSSR count). The predicted octanol–water partition coefficient (Wildman–Crippen LogP) is 1.99. The summed E-state index contributed by atoms with van der Waals surface area (Å²) in [5.41, 5.74) is 0. The first-order chi connectivity index (χ1) is 5.18. The maximum absolute atomic E-state index is 9.40. The van der Waals surface area contributed by atoms with Crippen LogP contribution in [-0.2, 0) is 9.22 Å². The van der Waals surface area contributed by atoms with Gasteiger partial charge in [0.25, 0.3) is 0 Å². The van der Waals surface area contributed by atoms with E-state index in [1.165, 1.54) is 0 Å². The maximum Gasteiger partial charge on any atom is 0.170 e. The van der Waals surface area contributed by atoms with Crippen molar-refractivity contribution in [2.75, 3.05) is 6.61 Å². The molecule has 0 aliphatic rings. The molecule has 0 aliphatic heterocycles. The Bertz CT molecular complexity index is 74.5. The maximum atomic E-state index is 9.40. The van der Waals surface area contributed by atoms with Crippen molar-refractivity contribution in [1.82, 2.24) is 0 Å². The van der Waals surface area contributed by atoms with Gasteiger partial charge in [-0.2, -0.15) is 0 Å². The average molecular weight is 176 g/mol. The molecule has 0 aliphatic carbocycles. The van der Waals surface area contributed by atoms with Crippen molar-refractivity contribution < 1.29 is 9.22 Å². The summed E-state index contributed by atoms with van der Waals surface area (Å²) in [5, 5.41) is 0. The summed E-state index contributed by atoms with van der Waals surface area (Å²) in [6.07, 6.45) is 2.61. The van der Waals surface area contributed by atoms with Gasteiger partial charge in [-0.15, -0.1) is 0 Å². The summed E-state index contributed by atoms with van der Waals surface area (Å²) < 4.78 is 5.18. The summed E-state index contributed by atoms with van der Waals surface area (Å²) in [4.78, 5) is 9.40. The largest absolute Gasteiger partial charge is 0.421 e. The molecule has 0 N–H and O–H groups in total. The van der Waals surface area contributed by atoms with Crippen LogP contribution in [0.3, 0.4) is 0 Å². The lowest BCUT2D eigenvalue weighted by atomic mass is 10.4. The highest BCUT2D eigenvalue weighted by molar-refractivity contribution is 6.48. The number of aldehydes is 1. The van der Waals surface area contributed by atoms with Gasteiger partial charge in [-0.25, -0.2) is 0 Å². The van der Waals surface area contributed by atoms with Gasteiger partial charge in [0.15, 0.2) is 9.04 Å². The zero-order valence-electron chi connectivity index (χ0n) is 8.09. The number of hydrogen-bond donors (Lipinski definition) is 0. The molecule has 3 heteroatoms. The number of hydrogen-bond acceptors (Lipinski definition) is 2. The molecule has 0 aromatic carbocycles. The van der Waals surface area contributed by atoms with E-state index in [0.717, 1.165) is 19.3 Å². The molecular formula is C8H20O2Si. The van der Waals surface area contributed by atoms with E-state index in [2.05, 4.69) is 13.1 Å². The van der Waals surface area contributed by atoms with Crippen molar-refractivity contribution >= 4 is 15.3 Å². The quantitative estimate of drug-likeness (QED) is 0.484. The first-order valence-electron chi connectivity index (χ1n) is 4.24. The standard InChI is InChI=1S/C4H12OSi.C4H8O/c1-4-5-6(2)3;1-2-3-4-5/h6H,4H2,1-3H3;4H,2-3H2,1H3. The summed E-state index contributed by atoms with van der Waals surface area (Å²) in [6.45, 7) is 9.25. The predicted molar refractivity (Wildman–Crippen MR) is 51.5 cm³/mol. The zero-order valence-corrected chi connectivity index (χ0v) is 9.25. The second kappa shape index (κ2) is 12.5. The Morgan fingerprint density at radius 1 is 1.36 bits per heavy atom. The molecule has 0 radical (unpaired) electrons. The van der Waals surface area contributed by atoms with Crippen LogP contribution in [0.15, 0.2) is 0 Å². The van der Waals surface area contributed by atoms with Crippen LogP contribution in [-0.4, -0.2) is 21.9 Å². The number of unbranched alkanes of at least 4 members (excludes halogenated alkanes) is 1. The average Bonchev–Trinajstić information content (AvgIpc) is 1.90. The Hall–Kier alpha value is -0.153. The van der Waals surface area contributed by atoms with Crippen LogP contribution in [0.25, 0.3) is 0 Å². The third kappa shape index (κ3) is 25.8. The van der Waals surface area contributed by atoms with Crippen LogP contribution >= 0.6 is 0 Å². The molecule has 11 heavy (non-hydrogen) atoms. The van der Waals surface area contributed by atoms with E-state index in [1.54, 1.807) is 0 Å². The third-order valence-electron chi connectivity index (χ3n) is 0.907. The van der Waals surface area contributed by atoms with Gasteiger partial charge in [0.2, 0.25) is 0 Å². The third-order valence-corrected chi connectivity index (χ3v) is 1.91. The zero-order chi connectivity index (χ0) is 9.11. The highest BCUT2D eigenvalue weighted by Crippen LogP contribution is 1.79. The minimum atomic E-state index is -0.671. The lowest BCUT2D eigenvalue weighted by Crippen LogP contribution is -2.05. The smallest absolute Gasteiger partial charge is 0.170 e. The molecule has 0 saturated carbocycles. The summed E-state index contributed by atoms with van der Waals surface area (Å²) >= 11 is 0. The minimum Gasteiger partial charge on any atom is -0.421 e. The molecule has 0 bridgehead atoms. The molecule has 0 fully saturated rings. The molecule has 0 saturated heterocycles. The van der Waals surface area contributed by atoms with Gasteiger partial charge in [-0.05, 0) is 26.4 Å². The summed E-state index contributed by atoms with van der Waals surface area (Å²) in [7, 11) is -0.671. The van der Waals surface area contributed by atoms with Crippen molar-refractivity contribution in [3.05, 3.63) is 0 Å². The Balaban J connectivity index is 0. The number of carbonyl (C=O) groups is 1. The Labute approximate surface area is 71.7 Å². The fraction of sp³-hybridized carbons (Fsp3) is 0.875. The molecule has 0 spiro atoms. The SMILES string of the molecule is CCCC=O.CCO[SiH](C)C. The lowest BCUT2D eigenvalue weighted by molar-refractivity contribution is -0.107. The highest BCUT2D eigenvalue weighted by atomic mass is 28.3. The van der Waals surface area contributed by atoms with Crippen LogP contribution in [0.4, 0.5) is 0 Å². The molecule has 2 nitrogen and oxygen atoms in total. The summed E-state index contributed by atoms with van der Waals surface area (Å²) in [6, 6.07) is 0. The number of carbonyl (C=O) groups excluding carboxylic acids is 1. The van der Waals surface area contributed by atoms with Gasteiger partial charge in [0.1, 0.15) is 6.29 Å². The molecular weight excluding hydrogens is 156 g/mol. The van der Waals surface area contributed by atoms with Crippen LogP contribution in [0, 0.1) is 0 Å². The van der Waals surface area contributed by atoms with Crippen molar-refractivity contribution in [3.8, 4) is 0 Å². The van der Waals surface area contributed by atoms with Gasteiger partial charge in [-0.3, -0.25) is 0 Å². The van der Waals surface area contributed by atoms with Crippen LogP contribution < -0.4 is 0 Å². The van der Waals surface area contributed by atoms with Crippen molar-refractivity contribution in [2.45, 2.75) is 39.8 Å². The van der Waals surface area contributed by atoms with E-state index in [4.69, 9.17) is 4.43 Å². The Morgan fingerprint density at radius 2 is 1.91 bits per heavy atom. The second-order valence-corrected chi connectivity index (χ2v) is 4.89. The van der Waals surface area contributed by atoms with Gasteiger partial charge >= 0.3 is 0 Å². The molecule has 0 aromatic rings. The van der Waals surface area contributed by atoms with Gasteiger partial charge in [-0.1, -0.05) is 6.92 Å². The monoisotopic (exact) mass is 176 g/mol. The van der Waals surface area contributed by atoms with E-state index >= 15 is 0 Å². The van der Waals surface area contributed by atoms with Crippen molar-refractivity contribution in [1.29, 1.82) is 0 Å². The Kier molecular flexibility index (Phi) is 15.3. The van der Waals surface area contributed by atoms with E-state index < -0.39 is 9.04 Å². The number of rotatable bonds is 4. The van der Waals surface area contributed by atoms with E-state index in [9.17, 15) is 4.79 Å². The van der Waals surface area contributed by atoms with E-state index in [0.29, 0.717) is 6.42 Å². The molecule has 0 heterocycles. The molecule has 0 atom stereocenters. The minimum absolute atomic E-state index is 0.671. The first kappa shape index (κ1) is 13.4. The fourth-order valence-electron chi connectivity index (χ4n) is 0.451. The first-order valence-corrected chi connectivity index (χ1v) is 7.02. The van der Waals surface area contributed by atoms with Gasteiger partial charge in [0, 0.05) is 13.0 Å². The molecule has 68 valence electrons. The topological polar surface area (TPSA) is 26.3 Å². The molecule has 0 amide bonds. The van der Waals surface area contributed by atoms with Crippen molar-refractivity contribution in [3.63, 3.8) is 0 Å². The second-order valence-electron chi connectivity index (χ2n) is 2.46. The Morgan fingerprint density at radius 3 is 1.91 bits per heavy atom. The molecule has 0 aromatic heterocycles. The highest BCUT2D eigenvalue weighted by Gasteiger charge is 1.87. The van der Waals surface area contributed by atoms with E-state index in [-0.39, 0.29) is 0 Å². The van der Waals surface area contributed by atoms with Gasteiger partial charge in [0.05, 0.1) is 0 Å². The van der Waals surface area contributed by atoms with Crippen LogP contribution in [0.2, 0.25) is 13.1 Å². The normalized spacial score (nSPS) is 8.82. The van der Waals surface area contributed by atoms with Crippen molar-refractivity contribution in [2.24, 2.45) is 0 Å².